The first kappa shape index (κ1) is 25.5. The van der Waals surface area contributed by atoms with E-state index in [-0.39, 0.29) is 28.7 Å². The Balaban J connectivity index is 1.48. The number of rotatable bonds is 6. The van der Waals surface area contributed by atoms with Crippen molar-refractivity contribution in [2.75, 3.05) is 10.7 Å². The number of anilines is 1. The molecule has 2 N–H and O–H groups in total. The largest absolute Gasteiger partial charge is 0.384 e. The van der Waals surface area contributed by atoms with Gasteiger partial charge in [-0.25, -0.2) is 0 Å². The number of nitriles is 1. The molecule has 186 valence electrons. The van der Waals surface area contributed by atoms with Gasteiger partial charge in [-0.2, -0.15) is 5.26 Å². The fourth-order valence-electron chi connectivity index (χ4n) is 4.52. The summed E-state index contributed by atoms with van der Waals surface area (Å²) in [5.74, 6) is -0.370. The smallest absolute Gasteiger partial charge is 0.219 e. The normalized spacial score (nSPS) is 17.6. The summed E-state index contributed by atoms with van der Waals surface area (Å²) in [5, 5.41) is 20.1. The highest BCUT2D eigenvalue weighted by molar-refractivity contribution is 8.01. The number of carbonyl (C=O) groups is 2. The Kier molecular flexibility index (Phi) is 7.36. The third-order valence-electron chi connectivity index (χ3n) is 6.21. The van der Waals surface area contributed by atoms with E-state index in [1.54, 1.807) is 41.3 Å². The van der Waals surface area contributed by atoms with E-state index in [4.69, 9.17) is 28.9 Å². The molecule has 0 fully saturated rings. The maximum absolute atomic E-state index is 13.2. The monoisotopic (exact) mass is 567 g/mol. The van der Waals surface area contributed by atoms with Crippen LogP contribution in [0.4, 0.5) is 5.13 Å². The minimum Gasteiger partial charge on any atom is -0.384 e. The van der Waals surface area contributed by atoms with Crippen LogP contribution in [0.5, 0.6) is 0 Å². The SMILES string of the molecule is N#CC1=C(N)N(c2nnc(SCC(=O)c3ccc(Cl)cc3)s2)C2=C(C(=O)CCC2)C1c1ccccc1Cl. The van der Waals surface area contributed by atoms with Crippen LogP contribution in [0.2, 0.25) is 10.0 Å². The average Bonchev–Trinajstić information content (AvgIpc) is 3.36. The number of allylic oxidation sites excluding steroid dienone is 3. The zero-order valence-corrected chi connectivity index (χ0v) is 22.4. The number of aromatic nitrogens is 2. The lowest BCUT2D eigenvalue weighted by molar-refractivity contribution is -0.116. The second-order valence-electron chi connectivity index (χ2n) is 8.41. The standard InChI is InChI=1S/C26H19Cl2N5O2S2/c27-15-10-8-14(9-11-15)21(35)13-36-26-32-31-25(37-26)33-19-6-3-7-20(34)23(19)22(17(12-29)24(33)30)16-4-1-2-5-18(16)28/h1-2,4-5,8-11,22H,3,6-7,13,30H2. The number of thioether (sulfide) groups is 1. The van der Waals surface area contributed by atoms with E-state index in [1.165, 1.54) is 23.1 Å². The number of ketones is 2. The van der Waals surface area contributed by atoms with Gasteiger partial charge < -0.3 is 5.73 Å². The van der Waals surface area contributed by atoms with Gasteiger partial charge in [0.15, 0.2) is 15.9 Å². The number of nitrogens with two attached hydrogens (primary N) is 1. The summed E-state index contributed by atoms with van der Waals surface area (Å²) in [6.07, 6.45) is 1.64. The predicted octanol–water partition coefficient (Wildman–Crippen LogP) is 6.12. The van der Waals surface area contributed by atoms with E-state index in [1.807, 2.05) is 12.1 Å². The van der Waals surface area contributed by atoms with Gasteiger partial charge in [-0.05, 0) is 48.7 Å². The van der Waals surface area contributed by atoms with Crippen LogP contribution in [0.25, 0.3) is 0 Å². The molecule has 7 nitrogen and oxygen atoms in total. The minimum absolute atomic E-state index is 0.0379. The maximum atomic E-state index is 13.2. The third-order valence-corrected chi connectivity index (χ3v) is 8.85. The molecule has 1 aliphatic heterocycles. The first-order chi connectivity index (χ1) is 17.9. The molecule has 0 saturated carbocycles. The van der Waals surface area contributed by atoms with E-state index < -0.39 is 5.92 Å². The van der Waals surface area contributed by atoms with Gasteiger partial charge in [-0.1, -0.05) is 64.5 Å². The third kappa shape index (κ3) is 4.90. The second-order valence-corrected chi connectivity index (χ2v) is 11.4. The number of benzene rings is 2. The summed E-state index contributed by atoms with van der Waals surface area (Å²) in [5.41, 5.74) is 9.28. The van der Waals surface area contributed by atoms with Crippen molar-refractivity contribution in [3.63, 3.8) is 0 Å². The molecule has 3 aromatic rings. The van der Waals surface area contributed by atoms with Gasteiger partial charge >= 0.3 is 0 Å². The van der Waals surface area contributed by atoms with Gasteiger partial charge in [0, 0.05) is 33.3 Å². The minimum atomic E-state index is -0.642. The van der Waals surface area contributed by atoms with Gasteiger partial charge in [-0.15, -0.1) is 10.2 Å². The molecule has 0 radical (unpaired) electrons. The Morgan fingerprint density at radius 3 is 2.65 bits per heavy atom. The van der Waals surface area contributed by atoms with Crippen molar-refractivity contribution in [3.05, 3.63) is 92.4 Å². The molecular weight excluding hydrogens is 549 g/mol. The summed E-state index contributed by atoms with van der Waals surface area (Å²) in [6, 6.07) is 16.1. The summed E-state index contributed by atoms with van der Waals surface area (Å²) in [6.45, 7) is 0. The summed E-state index contributed by atoms with van der Waals surface area (Å²) in [7, 11) is 0. The predicted molar refractivity (Wildman–Crippen MR) is 146 cm³/mol. The summed E-state index contributed by atoms with van der Waals surface area (Å²) >= 11 is 14.9. The zero-order valence-electron chi connectivity index (χ0n) is 19.3. The highest BCUT2D eigenvalue weighted by atomic mass is 35.5. The molecule has 1 unspecified atom stereocenters. The van der Waals surface area contributed by atoms with Crippen LogP contribution < -0.4 is 10.6 Å². The fourth-order valence-corrected chi connectivity index (χ4v) is 6.67. The summed E-state index contributed by atoms with van der Waals surface area (Å²) in [4.78, 5) is 27.4. The molecule has 1 atom stereocenters. The van der Waals surface area contributed by atoms with E-state index in [2.05, 4.69) is 16.3 Å². The van der Waals surface area contributed by atoms with Crippen LogP contribution >= 0.6 is 46.3 Å². The van der Waals surface area contributed by atoms with Crippen molar-refractivity contribution in [2.24, 2.45) is 5.73 Å². The zero-order chi connectivity index (χ0) is 26.1. The van der Waals surface area contributed by atoms with E-state index in [0.29, 0.717) is 61.2 Å². The Labute approximate surface area is 231 Å². The van der Waals surface area contributed by atoms with Gasteiger partial charge in [0.2, 0.25) is 5.13 Å². The number of hydrogen-bond donors (Lipinski definition) is 1. The molecule has 2 aromatic carbocycles. The van der Waals surface area contributed by atoms with E-state index in [9.17, 15) is 14.9 Å². The van der Waals surface area contributed by atoms with Crippen molar-refractivity contribution in [1.29, 1.82) is 5.26 Å². The van der Waals surface area contributed by atoms with Gasteiger partial charge in [0.05, 0.1) is 23.3 Å². The highest BCUT2D eigenvalue weighted by Gasteiger charge is 2.41. The lowest BCUT2D eigenvalue weighted by atomic mass is 9.76. The average molecular weight is 569 g/mol. The molecule has 11 heteroatoms. The van der Waals surface area contributed by atoms with Crippen LogP contribution in [0, 0.1) is 11.3 Å². The summed E-state index contributed by atoms with van der Waals surface area (Å²) < 4.78 is 0.570. The molecule has 0 spiro atoms. The van der Waals surface area contributed by atoms with E-state index >= 15 is 0 Å². The molecule has 37 heavy (non-hydrogen) atoms. The van der Waals surface area contributed by atoms with Crippen LogP contribution in [0.15, 0.2) is 75.5 Å². The van der Waals surface area contributed by atoms with Crippen molar-refractivity contribution in [3.8, 4) is 6.07 Å². The number of hydrogen-bond acceptors (Lipinski definition) is 9. The first-order valence-corrected chi connectivity index (χ1v) is 13.9. The molecule has 2 heterocycles. The molecule has 5 rings (SSSR count). The topological polar surface area (TPSA) is 113 Å². The lowest BCUT2D eigenvalue weighted by Crippen LogP contribution is -2.38. The quantitative estimate of drug-likeness (QED) is 0.279. The second kappa shape index (κ2) is 10.7. The van der Waals surface area contributed by atoms with Gasteiger partial charge in [0.25, 0.3) is 0 Å². The Morgan fingerprint density at radius 2 is 1.92 bits per heavy atom. The Morgan fingerprint density at radius 1 is 1.16 bits per heavy atom. The number of carbonyl (C=O) groups excluding carboxylic acids is 2. The van der Waals surface area contributed by atoms with Crippen molar-refractivity contribution in [2.45, 2.75) is 29.5 Å². The molecule has 0 saturated heterocycles. The van der Waals surface area contributed by atoms with Crippen molar-refractivity contribution >= 4 is 63.0 Å². The first-order valence-electron chi connectivity index (χ1n) is 11.3. The van der Waals surface area contributed by atoms with Crippen LogP contribution in [-0.2, 0) is 4.79 Å². The molecule has 1 aromatic heterocycles. The molecule has 1 aliphatic carbocycles. The van der Waals surface area contributed by atoms with Crippen molar-refractivity contribution < 1.29 is 9.59 Å². The molecule has 0 bridgehead atoms. The number of halogens is 2. The van der Waals surface area contributed by atoms with E-state index in [0.717, 1.165) is 0 Å². The highest BCUT2D eigenvalue weighted by Crippen LogP contribution is 2.48. The van der Waals surface area contributed by atoms with Crippen LogP contribution in [0.3, 0.4) is 0 Å². The Bertz CT molecular complexity index is 1510. The fraction of sp³-hybridized carbons (Fsp3) is 0.192. The van der Waals surface area contributed by atoms with Gasteiger partial charge in [-0.3, -0.25) is 14.5 Å². The molecule has 2 aliphatic rings. The maximum Gasteiger partial charge on any atom is 0.219 e. The number of nitrogens with zero attached hydrogens (tertiary/aromatic N) is 4. The Hall–Kier alpha value is -3.16. The van der Waals surface area contributed by atoms with Crippen molar-refractivity contribution in [1.82, 2.24) is 10.2 Å². The molecule has 0 amide bonds. The lowest BCUT2D eigenvalue weighted by Gasteiger charge is -2.38. The number of Topliss-reactive ketones (excluding diaryl/α,β-unsaturated/α-hetero) is 2. The van der Waals surface area contributed by atoms with Crippen LogP contribution in [-0.4, -0.2) is 27.5 Å². The van der Waals surface area contributed by atoms with Gasteiger partial charge in [0.1, 0.15) is 5.82 Å². The van der Waals surface area contributed by atoms with Crippen LogP contribution in [0.1, 0.15) is 41.1 Å². The molecular formula is C26H19Cl2N5O2S2.